The highest BCUT2D eigenvalue weighted by Gasteiger charge is 1.95. The molecule has 0 aromatic heterocycles. The SMILES string of the molecule is CCCCCCCCCCCCCCCCC#CC#CCCCCCCCCCCCCCC=O. The van der Waals surface area contributed by atoms with Crippen molar-refractivity contribution in [1.29, 1.82) is 0 Å². The second kappa shape index (κ2) is 32.8. The number of hydrogen-bond acceptors (Lipinski definition) is 1. The Morgan fingerprint density at radius 3 is 1.00 bits per heavy atom. The van der Waals surface area contributed by atoms with E-state index in [1.807, 2.05) is 0 Å². The van der Waals surface area contributed by atoms with Crippen molar-refractivity contribution in [2.24, 2.45) is 0 Å². The van der Waals surface area contributed by atoms with Crippen LogP contribution in [0.5, 0.6) is 0 Å². The molecule has 202 valence electrons. The van der Waals surface area contributed by atoms with E-state index in [0.29, 0.717) is 0 Å². The fourth-order valence-electron chi connectivity index (χ4n) is 4.65. The van der Waals surface area contributed by atoms with Crippen LogP contribution in [0.4, 0.5) is 0 Å². The summed E-state index contributed by atoms with van der Waals surface area (Å²) in [6.07, 6.45) is 37.9. The van der Waals surface area contributed by atoms with E-state index in [0.717, 1.165) is 32.0 Å². The Morgan fingerprint density at radius 1 is 0.400 bits per heavy atom. The third-order valence-electron chi connectivity index (χ3n) is 7.02. The second-order valence-corrected chi connectivity index (χ2v) is 10.5. The second-order valence-electron chi connectivity index (χ2n) is 10.5. The Bertz CT molecular complexity index is 526. The molecule has 0 saturated heterocycles. The molecule has 1 nitrogen and oxygen atoms in total. The summed E-state index contributed by atoms with van der Waals surface area (Å²) >= 11 is 0. The van der Waals surface area contributed by atoms with Crippen molar-refractivity contribution in [3.05, 3.63) is 0 Å². The van der Waals surface area contributed by atoms with Crippen molar-refractivity contribution >= 4 is 6.29 Å². The molecule has 1 heteroatoms. The summed E-state index contributed by atoms with van der Waals surface area (Å²) < 4.78 is 0. The Kier molecular flexibility index (Phi) is 31.7. The molecule has 0 rings (SSSR count). The Morgan fingerprint density at radius 2 is 0.686 bits per heavy atom. The van der Waals surface area contributed by atoms with Gasteiger partial charge >= 0.3 is 0 Å². The third-order valence-corrected chi connectivity index (χ3v) is 7.02. The van der Waals surface area contributed by atoms with Gasteiger partial charge in [0.25, 0.3) is 0 Å². The summed E-state index contributed by atoms with van der Waals surface area (Å²) in [6.45, 7) is 2.29. The first kappa shape index (κ1) is 33.8. The summed E-state index contributed by atoms with van der Waals surface area (Å²) in [6, 6.07) is 0. The van der Waals surface area contributed by atoms with Crippen LogP contribution in [0.2, 0.25) is 0 Å². The van der Waals surface area contributed by atoms with Gasteiger partial charge in [-0.25, -0.2) is 0 Å². The number of aldehydes is 1. The quantitative estimate of drug-likeness (QED) is 0.0643. The van der Waals surface area contributed by atoms with Crippen molar-refractivity contribution < 1.29 is 4.79 Å². The maximum absolute atomic E-state index is 10.3. The fraction of sp³-hybridized carbons (Fsp3) is 0.853. The first-order valence-electron chi connectivity index (χ1n) is 15.8. The van der Waals surface area contributed by atoms with Crippen LogP contribution in [-0.2, 0) is 4.79 Å². The number of carbonyl (C=O) groups excluding carboxylic acids is 1. The molecule has 0 amide bonds. The summed E-state index contributed by atoms with van der Waals surface area (Å²) in [5.74, 6) is 12.6. The average Bonchev–Trinajstić information content (AvgIpc) is 2.87. The maximum atomic E-state index is 10.3. The minimum absolute atomic E-state index is 0.747. The van der Waals surface area contributed by atoms with Gasteiger partial charge in [0.1, 0.15) is 6.29 Å². The van der Waals surface area contributed by atoms with E-state index in [2.05, 4.69) is 30.6 Å². The van der Waals surface area contributed by atoms with Crippen LogP contribution in [-0.4, -0.2) is 6.29 Å². The van der Waals surface area contributed by atoms with Crippen LogP contribution in [0.1, 0.15) is 187 Å². The fourth-order valence-corrected chi connectivity index (χ4v) is 4.65. The molecule has 0 saturated carbocycles. The maximum Gasteiger partial charge on any atom is 0.119 e. The van der Waals surface area contributed by atoms with E-state index >= 15 is 0 Å². The van der Waals surface area contributed by atoms with E-state index in [1.165, 1.54) is 154 Å². The number of hydrogen-bond donors (Lipinski definition) is 0. The predicted octanol–water partition coefficient (Wildman–Crippen LogP) is 11.1. The normalized spacial score (nSPS) is 10.4. The minimum atomic E-state index is 0.747. The molecule has 0 unspecified atom stereocenters. The number of rotatable bonds is 27. The Labute approximate surface area is 221 Å². The van der Waals surface area contributed by atoms with Crippen molar-refractivity contribution in [3.63, 3.8) is 0 Å². The Balaban J connectivity index is 3.20. The van der Waals surface area contributed by atoms with Crippen LogP contribution in [0, 0.1) is 23.7 Å². The monoisotopic (exact) mass is 484 g/mol. The van der Waals surface area contributed by atoms with Crippen molar-refractivity contribution in [2.45, 2.75) is 187 Å². The molecule has 0 spiro atoms. The largest absolute Gasteiger partial charge is 0.303 e. The lowest BCUT2D eigenvalue weighted by molar-refractivity contribution is -0.107. The molecule has 0 atom stereocenters. The zero-order valence-corrected chi connectivity index (χ0v) is 23.8. The molecule has 0 aliphatic heterocycles. The van der Waals surface area contributed by atoms with E-state index in [1.54, 1.807) is 0 Å². The molecule has 0 aliphatic carbocycles. The zero-order valence-electron chi connectivity index (χ0n) is 23.8. The molecule has 0 bridgehead atoms. The van der Waals surface area contributed by atoms with Gasteiger partial charge in [0.2, 0.25) is 0 Å². The molecule has 35 heavy (non-hydrogen) atoms. The van der Waals surface area contributed by atoms with Gasteiger partial charge in [-0.2, -0.15) is 0 Å². The molecule has 0 heterocycles. The van der Waals surface area contributed by atoms with Crippen molar-refractivity contribution in [2.75, 3.05) is 0 Å². The summed E-state index contributed by atoms with van der Waals surface area (Å²) in [7, 11) is 0. The van der Waals surface area contributed by atoms with Gasteiger partial charge in [-0.1, -0.05) is 160 Å². The van der Waals surface area contributed by atoms with Crippen LogP contribution in [0.25, 0.3) is 0 Å². The standard InChI is InChI=1S/C34H60O/c1-2-3-4-5-6-7-8-9-10-11-12-13-14-15-16-17-18-19-20-21-22-23-24-25-26-27-28-29-30-31-32-33-34-35/h34H,2-16,21-33H2,1H3. The highest BCUT2D eigenvalue weighted by molar-refractivity contribution is 5.48. The third kappa shape index (κ3) is 32.8. The van der Waals surface area contributed by atoms with Crippen molar-refractivity contribution in [3.8, 4) is 23.7 Å². The highest BCUT2D eigenvalue weighted by atomic mass is 16.1. The van der Waals surface area contributed by atoms with Crippen LogP contribution in [0.3, 0.4) is 0 Å². The van der Waals surface area contributed by atoms with Crippen molar-refractivity contribution in [1.82, 2.24) is 0 Å². The lowest BCUT2D eigenvalue weighted by Gasteiger charge is -2.02. The molecular formula is C34H60O. The molecule has 0 radical (unpaired) electrons. The van der Waals surface area contributed by atoms with E-state index in [9.17, 15) is 4.79 Å². The van der Waals surface area contributed by atoms with Crippen LogP contribution < -0.4 is 0 Å². The molecule has 0 N–H and O–H groups in total. The van der Waals surface area contributed by atoms with Gasteiger partial charge in [-0.3, -0.25) is 0 Å². The number of unbranched alkanes of at least 4 members (excludes halogenated alkanes) is 26. The first-order chi connectivity index (χ1) is 17.4. The van der Waals surface area contributed by atoms with Gasteiger partial charge in [-0.15, -0.1) is 0 Å². The van der Waals surface area contributed by atoms with Gasteiger partial charge in [0, 0.05) is 19.3 Å². The van der Waals surface area contributed by atoms with E-state index in [-0.39, 0.29) is 0 Å². The first-order valence-corrected chi connectivity index (χ1v) is 15.8. The van der Waals surface area contributed by atoms with Crippen LogP contribution >= 0.6 is 0 Å². The van der Waals surface area contributed by atoms with E-state index in [4.69, 9.17) is 0 Å². The van der Waals surface area contributed by atoms with Gasteiger partial charge < -0.3 is 4.79 Å². The summed E-state index contributed by atoms with van der Waals surface area (Å²) in [4.78, 5) is 10.3. The van der Waals surface area contributed by atoms with Gasteiger partial charge in [-0.05, 0) is 31.1 Å². The number of carbonyl (C=O) groups is 1. The molecule has 0 aromatic carbocycles. The molecule has 0 fully saturated rings. The summed E-state index contributed by atoms with van der Waals surface area (Å²) in [5, 5.41) is 0. The topological polar surface area (TPSA) is 17.1 Å². The molecular weight excluding hydrogens is 424 g/mol. The summed E-state index contributed by atoms with van der Waals surface area (Å²) in [5.41, 5.74) is 0. The average molecular weight is 485 g/mol. The molecule has 0 aliphatic rings. The highest BCUT2D eigenvalue weighted by Crippen LogP contribution is 2.14. The lowest BCUT2D eigenvalue weighted by Crippen LogP contribution is -1.83. The smallest absolute Gasteiger partial charge is 0.119 e. The zero-order chi connectivity index (χ0) is 25.3. The van der Waals surface area contributed by atoms with Crippen LogP contribution in [0.15, 0.2) is 0 Å². The van der Waals surface area contributed by atoms with E-state index < -0.39 is 0 Å². The van der Waals surface area contributed by atoms with Gasteiger partial charge in [0.15, 0.2) is 0 Å². The van der Waals surface area contributed by atoms with Gasteiger partial charge in [0.05, 0.1) is 0 Å². The minimum Gasteiger partial charge on any atom is -0.303 e. The lowest BCUT2D eigenvalue weighted by atomic mass is 10.0. The molecule has 0 aromatic rings. The predicted molar refractivity (Wildman–Crippen MR) is 157 cm³/mol. The Hall–Kier alpha value is -1.21.